The average Bonchev–Trinajstić information content (AvgIpc) is 3.54. The Labute approximate surface area is 149 Å². The molecular formula is C21H21NO2S. The summed E-state index contributed by atoms with van der Waals surface area (Å²) in [4.78, 5) is 0.375. The summed E-state index contributed by atoms with van der Waals surface area (Å²) in [5.74, 6) is 0.396. The van der Waals surface area contributed by atoms with Gasteiger partial charge in [-0.2, -0.15) is 0 Å². The number of hydrogen-bond donors (Lipinski definition) is 0. The predicted molar refractivity (Wildman–Crippen MR) is 97.5 cm³/mol. The number of hydrogen-bond acceptors (Lipinski definition) is 2. The largest absolute Gasteiger partial charge is 0.273 e. The average molecular weight is 351 g/mol. The van der Waals surface area contributed by atoms with Crippen LogP contribution in [0.4, 0.5) is 0 Å². The normalized spacial score (nSPS) is 28.7. The summed E-state index contributed by atoms with van der Waals surface area (Å²) in [6, 6.07) is 17.7. The van der Waals surface area contributed by atoms with Crippen molar-refractivity contribution in [3.8, 4) is 0 Å². The van der Waals surface area contributed by atoms with E-state index in [2.05, 4.69) is 30.3 Å². The van der Waals surface area contributed by atoms with Gasteiger partial charge >= 0.3 is 0 Å². The molecule has 0 radical (unpaired) electrons. The minimum atomic E-state index is -3.47. The second-order valence-electron chi connectivity index (χ2n) is 7.65. The third-order valence-electron chi connectivity index (χ3n) is 6.49. The molecule has 0 saturated heterocycles. The van der Waals surface area contributed by atoms with Crippen LogP contribution in [-0.4, -0.2) is 19.3 Å². The van der Waals surface area contributed by atoms with Gasteiger partial charge in [0.2, 0.25) is 0 Å². The SMILES string of the molecule is Cc1ccc(S(=O)(=O)N2C=C[C@@]3(c4ccccc4)[C@@H](C2)C32CC2)cc1. The van der Waals surface area contributed by atoms with Gasteiger partial charge in [-0.05, 0) is 48.8 Å². The molecular weight excluding hydrogens is 330 g/mol. The Bertz CT molecular complexity index is 959. The summed E-state index contributed by atoms with van der Waals surface area (Å²) in [6.45, 7) is 2.55. The molecule has 1 aliphatic heterocycles. The second-order valence-corrected chi connectivity index (χ2v) is 9.54. The molecule has 2 fully saturated rings. The van der Waals surface area contributed by atoms with E-state index in [0.717, 1.165) is 5.56 Å². The zero-order chi connectivity index (χ0) is 17.3. The Kier molecular flexibility index (Phi) is 2.89. The van der Waals surface area contributed by atoms with Gasteiger partial charge in [0.1, 0.15) is 0 Å². The van der Waals surface area contributed by atoms with Gasteiger partial charge in [0.25, 0.3) is 10.0 Å². The van der Waals surface area contributed by atoms with Gasteiger partial charge < -0.3 is 0 Å². The predicted octanol–water partition coefficient (Wildman–Crippen LogP) is 3.86. The van der Waals surface area contributed by atoms with Crippen LogP contribution in [0.5, 0.6) is 0 Å². The van der Waals surface area contributed by atoms with E-state index in [-0.39, 0.29) is 5.41 Å². The van der Waals surface area contributed by atoms with E-state index in [4.69, 9.17) is 0 Å². The highest BCUT2D eigenvalue weighted by Gasteiger charge is 2.82. The smallest absolute Gasteiger partial charge is 0.263 e. The van der Waals surface area contributed by atoms with Crippen LogP contribution in [0.25, 0.3) is 0 Å². The first-order chi connectivity index (χ1) is 12.0. The summed E-state index contributed by atoms with van der Waals surface area (Å²) in [6.07, 6.45) is 6.38. The summed E-state index contributed by atoms with van der Waals surface area (Å²) >= 11 is 0. The van der Waals surface area contributed by atoms with Crippen molar-refractivity contribution in [2.75, 3.05) is 6.54 Å². The number of benzene rings is 2. The van der Waals surface area contributed by atoms with Crippen molar-refractivity contribution in [3.63, 3.8) is 0 Å². The van der Waals surface area contributed by atoms with Crippen molar-refractivity contribution in [2.45, 2.75) is 30.1 Å². The first kappa shape index (κ1) is 15.2. The number of sulfonamides is 1. The standard InChI is InChI=1S/C21H21NO2S/c1-16-7-9-18(10-8-16)25(23,24)22-14-13-21(17-5-3-2-4-6-17)19(15-22)20(21)11-12-20/h2-10,13-14,19H,11-12,15H2,1H3/t19-,21+/m0/s1. The molecule has 2 aliphatic carbocycles. The molecule has 0 bridgehead atoms. The molecule has 3 aliphatic rings. The highest BCUT2D eigenvalue weighted by molar-refractivity contribution is 7.89. The highest BCUT2D eigenvalue weighted by atomic mass is 32.2. The van der Waals surface area contributed by atoms with Crippen molar-refractivity contribution in [3.05, 3.63) is 78.0 Å². The summed E-state index contributed by atoms with van der Waals surface area (Å²) in [5.41, 5.74) is 2.74. The Morgan fingerprint density at radius 1 is 1.00 bits per heavy atom. The lowest BCUT2D eigenvalue weighted by atomic mass is 9.90. The Morgan fingerprint density at radius 2 is 1.68 bits per heavy atom. The van der Waals surface area contributed by atoms with Crippen LogP contribution in [0.3, 0.4) is 0 Å². The molecule has 2 aromatic carbocycles. The zero-order valence-corrected chi connectivity index (χ0v) is 15.0. The van der Waals surface area contributed by atoms with Gasteiger partial charge in [-0.1, -0.05) is 54.1 Å². The van der Waals surface area contributed by atoms with Gasteiger partial charge in [-0.15, -0.1) is 0 Å². The van der Waals surface area contributed by atoms with Crippen LogP contribution in [-0.2, 0) is 15.4 Å². The first-order valence-corrected chi connectivity index (χ1v) is 10.3. The summed E-state index contributed by atoms with van der Waals surface area (Å²) in [7, 11) is -3.47. The number of fused-ring (bicyclic) bond motifs is 3. The lowest BCUT2D eigenvalue weighted by Crippen LogP contribution is -2.32. The summed E-state index contributed by atoms with van der Waals surface area (Å²) < 4.78 is 27.6. The lowest BCUT2D eigenvalue weighted by Gasteiger charge is -2.27. The van der Waals surface area contributed by atoms with E-state index in [0.29, 0.717) is 22.8 Å². The van der Waals surface area contributed by atoms with Gasteiger partial charge in [0, 0.05) is 18.2 Å². The lowest BCUT2D eigenvalue weighted by molar-refractivity contribution is 0.447. The van der Waals surface area contributed by atoms with E-state index in [1.54, 1.807) is 16.4 Å². The number of nitrogens with zero attached hydrogens (tertiary/aromatic N) is 1. The molecule has 0 aromatic heterocycles. The topological polar surface area (TPSA) is 37.4 Å². The van der Waals surface area contributed by atoms with Crippen LogP contribution in [0, 0.1) is 18.3 Å². The molecule has 3 nitrogen and oxygen atoms in total. The molecule has 4 heteroatoms. The van der Waals surface area contributed by atoms with Gasteiger partial charge in [0.05, 0.1) is 4.90 Å². The van der Waals surface area contributed by atoms with Crippen molar-refractivity contribution in [1.82, 2.24) is 4.31 Å². The molecule has 5 rings (SSSR count). The Balaban J connectivity index is 1.52. The quantitative estimate of drug-likeness (QED) is 0.842. The van der Waals surface area contributed by atoms with Gasteiger partial charge in [-0.3, -0.25) is 4.31 Å². The van der Waals surface area contributed by atoms with E-state index in [1.807, 2.05) is 31.3 Å². The molecule has 2 atom stereocenters. The maximum absolute atomic E-state index is 13.0. The molecule has 128 valence electrons. The van der Waals surface area contributed by atoms with Gasteiger partial charge in [-0.25, -0.2) is 8.42 Å². The first-order valence-electron chi connectivity index (χ1n) is 8.84. The van der Waals surface area contributed by atoms with Crippen molar-refractivity contribution >= 4 is 10.0 Å². The number of allylic oxidation sites excluding steroid dienone is 1. The fourth-order valence-electron chi connectivity index (χ4n) is 4.97. The van der Waals surface area contributed by atoms with Crippen LogP contribution in [0.2, 0.25) is 0 Å². The fraction of sp³-hybridized carbons (Fsp3) is 0.333. The third-order valence-corrected chi connectivity index (χ3v) is 8.25. The zero-order valence-electron chi connectivity index (χ0n) is 14.2. The highest BCUT2D eigenvalue weighted by Crippen LogP contribution is 2.84. The molecule has 1 heterocycles. The molecule has 0 unspecified atom stereocenters. The minimum absolute atomic E-state index is 0.0492. The molecule has 25 heavy (non-hydrogen) atoms. The fourth-order valence-corrected chi connectivity index (χ4v) is 6.29. The van der Waals surface area contributed by atoms with E-state index >= 15 is 0 Å². The maximum Gasteiger partial charge on any atom is 0.263 e. The second kappa shape index (κ2) is 4.76. The monoisotopic (exact) mass is 351 g/mol. The molecule has 0 amide bonds. The molecule has 2 saturated carbocycles. The number of rotatable bonds is 3. The van der Waals surface area contributed by atoms with Crippen LogP contribution < -0.4 is 0 Å². The van der Waals surface area contributed by atoms with Crippen molar-refractivity contribution in [1.29, 1.82) is 0 Å². The molecule has 0 N–H and O–H groups in total. The molecule has 1 spiro atoms. The van der Waals surface area contributed by atoms with Crippen LogP contribution in [0.15, 0.2) is 71.8 Å². The van der Waals surface area contributed by atoms with E-state index < -0.39 is 10.0 Å². The summed E-state index contributed by atoms with van der Waals surface area (Å²) in [5, 5.41) is 0. The molecule has 2 aromatic rings. The van der Waals surface area contributed by atoms with Crippen LogP contribution >= 0.6 is 0 Å². The van der Waals surface area contributed by atoms with E-state index in [9.17, 15) is 8.42 Å². The Hall–Kier alpha value is -2.07. The maximum atomic E-state index is 13.0. The van der Waals surface area contributed by atoms with Crippen molar-refractivity contribution < 1.29 is 8.42 Å². The van der Waals surface area contributed by atoms with Crippen LogP contribution in [0.1, 0.15) is 24.0 Å². The Morgan fingerprint density at radius 3 is 2.32 bits per heavy atom. The number of aryl methyl sites for hydroxylation is 1. The minimum Gasteiger partial charge on any atom is -0.273 e. The van der Waals surface area contributed by atoms with Crippen molar-refractivity contribution in [2.24, 2.45) is 11.3 Å². The van der Waals surface area contributed by atoms with Gasteiger partial charge in [0.15, 0.2) is 0 Å². The van der Waals surface area contributed by atoms with E-state index in [1.165, 1.54) is 18.4 Å². The third kappa shape index (κ3) is 1.89.